The van der Waals surface area contributed by atoms with Crippen LogP contribution in [0, 0.1) is 16.0 Å². The molecule has 0 unspecified atom stereocenters. The fourth-order valence-corrected chi connectivity index (χ4v) is 2.99. The van der Waals surface area contributed by atoms with E-state index < -0.39 is 16.9 Å². The molecule has 2 atom stereocenters. The van der Waals surface area contributed by atoms with Gasteiger partial charge in [0.25, 0.3) is 11.6 Å². The van der Waals surface area contributed by atoms with Gasteiger partial charge >= 0.3 is 0 Å². The molecule has 2 aliphatic heterocycles. The summed E-state index contributed by atoms with van der Waals surface area (Å²) in [5.74, 6) is -0.0962. The second-order valence-electron chi connectivity index (χ2n) is 6.16. The Hall–Kier alpha value is -2.39. The lowest BCUT2D eigenvalue weighted by Gasteiger charge is -2.28. The molecule has 2 aliphatic rings. The summed E-state index contributed by atoms with van der Waals surface area (Å²) in [5, 5.41) is 26.9. The van der Waals surface area contributed by atoms with Crippen molar-refractivity contribution in [1.29, 1.82) is 0 Å². The average molecular weight is 351 g/mol. The molecule has 1 aromatic carbocycles. The molecule has 0 saturated carbocycles. The van der Waals surface area contributed by atoms with E-state index in [9.17, 15) is 20.0 Å². The van der Waals surface area contributed by atoms with Gasteiger partial charge in [-0.3, -0.25) is 14.9 Å². The predicted molar refractivity (Wildman–Crippen MR) is 88.0 cm³/mol. The molecule has 1 amide bonds. The third-order valence-electron chi connectivity index (χ3n) is 4.40. The van der Waals surface area contributed by atoms with E-state index in [1.165, 1.54) is 12.1 Å². The Labute approximate surface area is 144 Å². The van der Waals surface area contributed by atoms with E-state index in [1.807, 2.05) is 0 Å². The highest BCUT2D eigenvalue weighted by Gasteiger charge is 2.27. The number of piperidine rings is 1. The number of nitrogens with zero attached hydrogens (tertiary/aromatic N) is 1. The monoisotopic (exact) mass is 351 g/mol. The van der Waals surface area contributed by atoms with Gasteiger partial charge < -0.3 is 25.2 Å². The number of nitro benzene ring substituents is 1. The zero-order valence-corrected chi connectivity index (χ0v) is 13.7. The summed E-state index contributed by atoms with van der Waals surface area (Å²) in [6, 6.07) is 2.47. The number of amides is 1. The van der Waals surface area contributed by atoms with Crippen LogP contribution in [0.1, 0.15) is 23.2 Å². The van der Waals surface area contributed by atoms with Gasteiger partial charge in [-0.15, -0.1) is 0 Å². The molecular weight excluding hydrogens is 330 g/mol. The summed E-state index contributed by atoms with van der Waals surface area (Å²) in [7, 11) is 0. The second-order valence-corrected chi connectivity index (χ2v) is 6.16. The smallest absolute Gasteiger partial charge is 0.274 e. The van der Waals surface area contributed by atoms with Crippen LogP contribution in [0.5, 0.6) is 11.5 Å². The van der Waals surface area contributed by atoms with Crippen LogP contribution in [0.25, 0.3) is 0 Å². The second kappa shape index (κ2) is 7.66. The van der Waals surface area contributed by atoms with Crippen molar-refractivity contribution in [2.24, 2.45) is 5.92 Å². The third kappa shape index (κ3) is 3.99. The van der Waals surface area contributed by atoms with E-state index in [4.69, 9.17) is 9.47 Å². The lowest BCUT2D eigenvalue weighted by molar-refractivity contribution is -0.385. The number of benzene rings is 1. The van der Waals surface area contributed by atoms with E-state index in [1.54, 1.807) is 0 Å². The summed E-state index contributed by atoms with van der Waals surface area (Å²) < 4.78 is 11.1. The number of aliphatic hydroxyl groups is 1. The SMILES string of the molecule is O=C(NC[C@@H]1CCNC[C@H]1O)c1cc([N+](=O)[O-])cc2c1OCCCO2. The van der Waals surface area contributed by atoms with Gasteiger partial charge in [0.2, 0.25) is 0 Å². The molecule has 0 aliphatic carbocycles. The summed E-state index contributed by atoms with van der Waals surface area (Å²) >= 11 is 0. The van der Waals surface area contributed by atoms with Gasteiger partial charge in [0.05, 0.1) is 35.9 Å². The molecule has 136 valence electrons. The number of fused-ring (bicyclic) bond motifs is 1. The minimum Gasteiger partial charge on any atom is -0.489 e. The largest absolute Gasteiger partial charge is 0.489 e. The molecule has 25 heavy (non-hydrogen) atoms. The molecule has 0 radical (unpaired) electrons. The molecule has 3 N–H and O–H groups in total. The molecule has 9 heteroatoms. The molecular formula is C16H21N3O6. The van der Waals surface area contributed by atoms with Crippen molar-refractivity contribution in [3.8, 4) is 11.5 Å². The Morgan fingerprint density at radius 1 is 1.40 bits per heavy atom. The minimum atomic E-state index is -0.568. The van der Waals surface area contributed by atoms with Crippen molar-refractivity contribution >= 4 is 11.6 Å². The van der Waals surface area contributed by atoms with E-state index in [-0.39, 0.29) is 28.7 Å². The maximum Gasteiger partial charge on any atom is 0.274 e. The highest BCUT2D eigenvalue weighted by atomic mass is 16.6. The first-order chi connectivity index (χ1) is 12.1. The molecule has 0 bridgehead atoms. The zero-order valence-electron chi connectivity index (χ0n) is 13.7. The number of nitro groups is 1. The first-order valence-corrected chi connectivity index (χ1v) is 8.31. The van der Waals surface area contributed by atoms with Crippen molar-refractivity contribution in [2.75, 3.05) is 32.8 Å². The highest BCUT2D eigenvalue weighted by molar-refractivity contribution is 5.98. The molecule has 3 rings (SSSR count). The molecule has 2 heterocycles. The number of rotatable bonds is 4. The van der Waals surface area contributed by atoms with Gasteiger partial charge in [0.1, 0.15) is 0 Å². The van der Waals surface area contributed by atoms with Crippen molar-refractivity contribution in [3.05, 3.63) is 27.8 Å². The number of hydrogen-bond donors (Lipinski definition) is 3. The standard InChI is InChI=1S/C16H21N3O6/c20-13-9-17-3-2-10(13)8-18-16(21)12-6-11(19(22)23)7-14-15(12)25-5-1-4-24-14/h6-7,10,13,17,20H,1-5,8-9H2,(H,18,21)/t10-,13+/m0/s1. The Kier molecular flexibility index (Phi) is 5.34. The van der Waals surface area contributed by atoms with Gasteiger partial charge in [0.15, 0.2) is 11.5 Å². The van der Waals surface area contributed by atoms with E-state index >= 15 is 0 Å². The molecule has 0 spiro atoms. The first kappa shape index (κ1) is 17.4. The van der Waals surface area contributed by atoms with Crippen molar-refractivity contribution in [3.63, 3.8) is 0 Å². The summed E-state index contributed by atoms with van der Waals surface area (Å²) in [5.41, 5.74) is -0.147. The third-order valence-corrected chi connectivity index (χ3v) is 4.40. The number of nitrogens with one attached hydrogen (secondary N) is 2. The van der Waals surface area contributed by atoms with Crippen LogP contribution in [0.2, 0.25) is 0 Å². The maximum atomic E-state index is 12.6. The van der Waals surface area contributed by atoms with E-state index in [0.717, 1.165) is 13.0 Å². The zero-order chi connectivity index (χ0) is 17.8. The fraction of sp³-hybridized carbons (Fsp3) is 0.562. The van der Waals surface area contributed by atoms with Crippen molar-refractivity contribution in [2.45, 2.75) is 18.9 Å². The Morgan fingerprint density at radius 2 is 2.20 bits per heavy atom. The number of ether oxygens (including phenoxy) is 2. The van der Waals surface area contributed by atoms with Crippen LogP contribution in [0.3, 0.4) is 0 Å². The average Bonchev–Trinajstić information content (AvgIpc) is 2.85. The minimum absolute atomic E-state index is 0.0559. The Balaban J connectivity index is 1.80. The number of non-ortho nitro benzene ring substituents is 1. The molecule has 9 nitrogen and oxygen atoms in total. The maximum absolute atomic E-state index is 12.6. The van der Waals surface area contributed by atoms with E-state index in [0.29, 0.717) is 32.7 Å². The number of carbonyl (C=O) groups excluding carboxylic acids is 1. The lowest BCUT2D eigenvalue weighted by Crippen LogP contribution is -2.45. The van der Waals surface area contributed by atoms with Crippen LogP contribution in [-0.2, 0) is 0 Å². The summed E-state index contributed by atoms with van der Waals surface area (Å²) in [6.45, 7) is 2.30. The normalized spacial score (nSPS) is 22.8. The molecule has 1 saturated heterocycles. The Morgan fingerprint density at radius 3 is 2.96 bits per heavy atom. The van der Waals surface area contributed by atoms with Gasteiger partial charge in [0, 0.05) is 31.5 Å². The van der Waals surface area contributed by atoms with Gasteiger partial charge in [-0.2, -0.15) is 0 Å². The predicted octanol–water partition coefficient (Wildman–Crippen LogP) is 0.456. The number of aliphatic hydroxyl groups excluding tert-OH is 1. The number of carbonyl (C=O) groups is 1. The van der Waals surface area contributed by atoms with Crippen LogP contribution < -0.4 is 20.1 Å². The van der Waals surface area contributed by atoms with Gasteiger partial charge in [-0.1, -0.05) is 0 Å². The number of hydrogen-bond acceptors (Lipinski definition) is 7. The lowest BCUT2D eigenvalue weighted by atomic mass is 9.95. The first-order valence-electron chi connectivity index (χ1n) is 8.31. The summed E-state index contributed by atoms with van der Waals surface area (Å²) in [4.78, 5) is 23.2. The molecule has 1 aromatic rings. The van der Waals surface area contributed by atoms with Crippen molar-refractivity contribution in [1.82, 2.24) is 10.6 Å². The summed E-state index contributed by atoms with van der Waals surface area (Å²) in [6.07, 6.45) is 0.842. The highest BCUT2D eigenvalue weighted by Crippen LogP contribution is 2.37. The van der Waals surface area contributed by atoms with Crippen LogP contribution in [0.4, 0.5) is 5.69 Å². The van der Waals surface area contributed by atoms with Crippen LogP contribution >= 0.6 is 0 Å². The van der Waals surface area contributed by atoms with Gasteiger partial charge in [-0.05, 0) is 13.0 Å². The number of β-amino-alcohol motifs (C(OH)–C–C–N with tert-alkyl or cyclic N) is 1. The Bertz CT molecular complexity index is 666. The quantitative estimate of drug-likeness (QED) is 0.532. The van der Waals surface area contributed by atoms with Crippen LogP contribution in [0.15, 0.2) is 12.1 Å². The fourth-order valence-electron chi connectivity index (χ4n) is 2.99. The van der Waals surface area contributed by atoms with E-state index in [2.05, 4.69) is 10.6 Å². The van der Waals surface area contributed by atoms with Gasteiger partial charge in [-0.25, -0.2) is 0 Å². The molecule has 1 fully saturated rings. The topological polar surface area (TPSA) is 123 Å². The molecule has 0 aromatic heterocycles. The van der Waals surface area contributed by atoms with Crippen molar-refractivity contribution < 1.29 is 24.3 Å². The van der Waals surface area contributed by atoms with Crippen LogP contribution in [-0.4, -0.2) is 54.9 Å².